The number of nitrogens with zero attached hydrogens (tertiary/aromatic N) is 1. The Morgan fingerprint density at radius 2 is 1.42 bits per heavy atom. The van der Waals surface area contributed by atoms with Crippen molar-refractivity contribution in [3.05, 3.63) is 53.8 Å². The first-order valence-corrected chi connectivity index (χ1v) is 7.70. The third-order valence-corrected chi connectivity index (χ3v) is 4.07. The minimum absolute atomic E-state index is 0.0736. The fraction of sp³-hybridized carbons (Fsp3) is 0.158. The summed E-state index contributed by atoms with van der Waals surface area (Å²) in [6.07, 6.45) is 0. The summed E-state index contributed by atoms with van der Waals surface area (Å²) < 4.78 is 15.5. The molecular formula is C19H17NO6. The number of aliphatic hydroxyl groups excluding tert-OH is 1. The summed E-state index contributed by atoms with van der Waals surface area (Å²) in [5, 5.41) is 10.3. The number of carbonyl (C=O) groups excluding carboxylic acids is 2. The van der Waals surface area contributed by atoms with E-state index >= 15 is 0 Å². The molecule has 0 saturated carbocycles. The minimum atomic E-state index is -0.815. The van der Waals surface area contributed by atoms with Gasteiger partial charge >= 0.3 is 5.91 Å². The first-order valence-electron chi connectivity index (χ1n) is 7.70. The van der Waals surface area contributed by atoms with Gasteiger partial charge < -0.3 is 19.3 Å². The van der Waals surface area contributed by atoms with Crippen molar-refractivity contribution in [2.45, 2.75) is 0 Å². The van der Waals surface area contributed by atoms with Gasteiger partial charge in [0.2, 0.25) is 0 Å². The second-order valence-electron chi connectivity index (χ2n) is 5.44. The van der Waals surface area contributed by atoms with E-state index in [1.807, 2.05) is 0 Å². The number of aliphatic hydroxyl groups is 1. The lowest BCUT2D eigenvalue weighted by atomic mass is 10.1. The van der Waals surface area contributed by atoms with Crippen LogP contribution in [0.4, 0.5) is 5.69 Å². The molecule has 2 aromatic rings. The number of hydrogen-bond donors (Lipinski definition) is 1. The van der Waals surface area contributed by atoms with Crippen molar-refractivity contribution >= 4 is 23.1 Å². The predicted octanol–water partition coefficient (Wildman–Crippen LogP) is 2.55. The Balaban J connectivity index is 2.03. The molecule has 1 heterocycles. The van der Waals surface area contributed by atoms with Crippen LogP contribution in [0.1, 0.15) is 5.56 Å². The maximum absolute atomic E-state index is 12.9. The van der Waals surface area contributed by atoms with Gasteiger partial charge in [0, 0.05) is 6.07 Å². The van der Waals surface area contributed by atoms with Crippen molar-refractivity contribution in [1.82, 2.24) is 0 Å². The van der Waals surface area contributed by atoms with Gasteiger partial charge in [-0.3, -0.25) is 9.59 Å². The smallest absolute Gasteiger partial charge is 0.301 e. The number of imide groups is 1. The van der Waals surface area contributed by atoms with Crippen molar-refractivity contribution in [2.24, 2.45) is 0 Å². The summed E-state index contributed by atoms with van der Waals surface area (Å²) in [5.74, 6) is -0.685. The topological polar surface area (TPSA) is 85.3 Å². The van der Waals surface area contributed by atoms with Crippen LogP contribution in [0.5, 0.6) is 17.2 Å². The summed E-state index contributed by atoms with van der Waals surface area (Å²) in [4.78, 5) is 26.3. The lowest BCUT2D eigenvalue weighted by molar-refractivity contribution is -0.121. The minimum Gasteiger partial charge on any atom is -0.502 e. The molecule has 0 radical (unpaired) electrons. The van der Waals surface area contributed by atoms with Crippen molar-refractivity contribution in [1.29, 1.82) is 0 Å². The lowest BCUT2D eigenvalue weighted by Gasteiger charge is -2.18. The number of methoxy groups -OCH3 is 3. The standard InChI is InChI=1S/C19H17NO6/c1-24-12-6-4-11(5-7-12)16-17(21)19(23)20(18(16)22)14-9-8-13(25-2)10-15(14)26-3/h4-10,21H,1-3H3. The third-order valence-electron chi connectivity index (χ3n) is 4.07. The van der Waals surface area contributed by atoms with Crippen LogP contribution in [-0.2, 0) is 9.59 Å². The number of rotatable bonds is 5. The molecule has 134 valence electrons. The van der Waals surface area contributed by atoms with Gasteiger partial charge in [-0.1, -0.05) is 12.1 Å². The van der Waals surface area contributed by atoms with Crippen LogP contribution in [0, 0.1) is 0 Å². The fourth-order valence-electron chi connectivity index (χ4n) is 2.72. The molecule has 0 aliphatic carbocycles. The van der Waals surface area contributed by atoms with Crippen LogP contribution in [0.15, 0.2) is 48.2 Å². The molecule has 0 saturated heterocycles. The number of hydrogen-bond acceptors (Lipinski definition) is 6. The largest absolute Gasteiger partial charge is 0.502 e. The average molecular weight is 355 g/mol. The maximum Gasteiger partial charge on any atom is 0.301 e. The highest BCUT2D eigenvalue weighted by Gasteiger charge is 2.41. The number of benzene rings is 2. The molecule has 0 atom stereocenters. The second-order valence-corrected chi connectivity index (χ2v) is 5.44. The molecule has 1 N–H and O–H groups in total. The normalized spacial score (nSPS) is 14.0. The van der Waals surface area contributed by atoms with E-state index in [2.05, 4.69) is 0 Å². The molecule has 7 nitrogen and oxygen atoms in total. The third kappa shape index (κ3) is 2.73. The molecule has 0 unspecified atom stereocenters. The highest BCUT2D eigenvalue weighted by Crippen LogP contribution is 2.38. The van der Waals surface area contributed by atoms with E-state index in [9.17, 15) is 14.7 Å². The fourth-order valence-corrected chi connectivity index (χ4v) is 2.72. The molecule has 2 aromatic carbocycles. The van der Waals surface area contributed by atoms with Crippen LogP contribution in [0.2, 0.25) is 0 Å². The number of carbonyl (C=O) groups is 2. The van der Waals surface area contributed by atoms with E-state index in [1.165, 1.54) is 27.4 Å². The molecule has 26 heavy (non-hydrogen) atoms. The molecule has 2 amide bonds. The SMILES string of the molecule is COc1ccc(C2=C(O)C(=O)N(c3ccc(OC)cc3OC)C2=O)cc1. The molecule has 3 rings (SSSR count). The molecule has 0 bridgehead atoms. The van der Waals surface area contributed by atoms with Crippen LogP contribution >= 0.6 is 0 Å². The van der Waals surface area contributed by atoms with E-state index < -0.39 is 17.6 Å². The zero-order valence-electron chi connectivity index (χ0n) is 14.5. The van der Waals surface area contributed by atoms with E-state index in [0.717, 1.165) is 4.90 Å². The van der Waals surface area contributed by atoms with Gasteiger partial charge in [-0.15, -0.1) is 0 Å². The van der Waals surface area contributed by atoms with Gasteiger partial charge in [0.15, 0.2) is 5.76 Å². The van der Waals surface area contributed by atoms with Crippen molar-refractivity contribution < 1.29 is 28.9 Å². The van der Waals surface area contributed by atoms with Crippen LogP contribution in [0.3, 0.4) is 0 Å². The van der Waals surface area contributed by atoms with Gasteiger partial charge in [-0.25, -0.2) is 4.90 Å². The Morgan fingerprint density at radius 3 is 2.00 bits per heavy atom. The summed E-state index contributed by atoms with van der Waals surface area (Å²) >= 11 is 0. The first kappa shape index (κ1) is 17.3. The number of amides is 2. The molecule has 0 spiro atoms. The maximum atomic E-state index is 12.9. The second kappa shape index (κ2) is 6.79. The van der Waals surface area contributed by atoms with Gasteiger partial charge in [0.1, 0.15) is 17.2 Å². The highest BCUT2D eigenvalue weighted by atomic mass is 16.5. The summed E-state index contributed by atoms with van der Waals surface area (Å²) in [5.41, 5.74) is 0.561. The molecule has 1 aliphatic rings. The Labute approximate surface area is 150 Å². The quantitative estimate of drug-likeness (QED) is 0.830. The lowest BCUT2D eigenvalue weighted by Crippen LogP contribution is -2.31. The predicted molar refractivity (Wildman–Crippen MR) is 94.6 cm³/mol. The van der Waals surface area contributed by atoms with Gasteiger partial charge in [0.05, 0.1) is 32.6 Å². The van der Waals surface area contributed by atoms with E-state index in [-0.39, 0.29) is 17.0 Å². The Bertz CT molecular complexity index is 901. The molecule has 0 aromatic heterocycles. The molecule has 7 heteroatoms. The molecule has 0 fully saturated rings. The van der Waals surface area contributed by atoms with E-state index in [0.29, 0.717) is 17.1 Å². The van der Waals surface area contributed by atoms with Crippen molar-refractivity contribution in [3.63, 3.8) is 0 Å². The average Bonchev–Trinajstić information content (AvgIpc) is 2.90. The summed E-state index contributed by atoms with van der Waals surface area (Å²) in [7, 11) is 4.43. The highest BCUT2D eigenvalue weighted by molar-refractivity contribution is 6.45. The van der Waals surface area contributed by atoms with E-state index in [4.69, 9.17) is 14.2 Å². The zero-order chi connectivity index (χ0) is 18.8. The van der Waals surface area contributed by atoms with E-state index in [1.54, 1.807) is 36.4 Å². The van der Waals surface area contributed by atoms with Crippen molar-refractivity contribution in [3.8, 4) is 17.2 Å². The zero-order valence-corrected chi connectivity index (χ0v) is 14.5. The van der Waals surface area contributed by atoms with Crippen molar-refractivity contribution in [2.75, 3.05) is 26.2 Å². The number of anilines is 1. The number of ether oxygens (including phenoxy) is 3. The van der Waals surface area contributed by atoms with Gasteiger partial charge in [0.25, 0.3) is 5.91 Å². The van der Waals surface area contributed by atoms with Gasteiger partial charge in [-0.2, -0.15) is 0 Å². The first-order chi connectivity index (χ1) is 12.5. The summed E-state index contributed by atoms with van der Waals surface area (Å²) in [6, 6.07) is 11.2. The molecular weight excluding hydrogens is 338 g/mol. The Morgan fingerprint density at radius 1 is 0.808 bits per heavy atom. The van der Waals surface area contributed by atoms with Crippen LogP contribution < -0.4 is 19.1 Å². The van der Waals surface area contributed by atoms with Crippen LogP contribution in [0.25, 0.3) is 5.57 Å². The van der Waals surface area contributed by atoms with Crippen LogP contribution in [-0.4, -0.2) is 38.3 Å². The molecule has 1 aliphatic heterocycles. The summed E-state index contributed by atoms with van der Waals surface area (Å²) in [6.45, 7) is 0. The Hall–Kier alpha value is -3.48. The van der Waals surface area contributed by atoms with Gasteiger partial charge in [-0.05, 0) is 29.8 Å². The monoisotopic (exact) mass is 355 g/mol. The Kier molecular flexibility index (Phi) is 4.53.